The van der Waals surface area contributed by atoms with Crippen molar-refractivity contribution in [3.63, 3.8) is 0 Å². The number of sulfone groups is 1. The minimum Gasteiger partial charge on any atom is -0.398 e. The SMILES string of the molecule is CC(C)S(=O)(=O)Cc1cccc(N)c1C#N. The molecule has 1 aromatic rings. The molecule has 0 aliphatic carbocycles. The van der Waals surface area contributed by atoms with Crippen molar-refractivity contribution < 1.29 is 8.42 Å². The third-order valence-electron chi connectivity index (χ3n) is 2.37. The second-order valence-corrected chi connectivity index (χ2v) is 6.41. The van der Waals surface area contributed by atoms with Crippen molar-refractivity contribution in [3.05, 3.63) is 29.3 Å². The van der Waals surface area contributed by atoms with E-state index in [1.54, 1.807) is 32.0 Å². The van der Waals surface area contributed by atoms with Gasteiger partial charge in [-0.1, -0.05) is 12.1 Å². The van der Waals surface area contributed by atoms with Crippen LogP contribution < -0.4 is 5.73 Å². The average Bonchev–Trinajstić information content (AvgIpc) is 2.17. The van der Waals surface area contributed by atoms with Crippen molar-refractivity contribution in [3.8, 4) is 6.07 Å². The van der Waals surface area contributed by atoms with Gasteiger partial charge in [-0.2, -0.15) is 5.26 Å². The Morgan fingerprint density at radius 3 is 2.56 bits per heavy atom. The van der Waals surface area contributed by atoms with Gasteiger partial charge in [-0.3, -0.25) is 0 Å². The number of nitriles is 1. The maximum Gasteiger partial charge on any atom is 0.156 e. The molecule has 0 aliphatic rings. The Balaban J connectivity index is 3.18. The number of rotatable bonds is 3. The lowest BCUT2D eigenvalue weighted by molar-refractivity contribution is 0.586. The zero-order chi connectivity index (χ0) is 12.3. The molecule has 5 heteroatoms. The third-order valence-corrected chi connectivity index (χ3v) is 4.52. The van der Waals surface area contributed by atoms with Crippen LogP contribution in [0.3, 0.4) is 0 Å². The summed E-state index contributed by atoms with van der Waals surface area (Å²) in [5.41, 5.74) is 6.65. The highest BCUT2D eigenvalue weighted by atomic mass is 32.2. The molecule has 86 valence electrons. The summed E-state index contributed by atoms with van der Waals surface area (Å²) in [4.78, 5) is 0. The number of nitrogen functional groups attached to an aromatic ring is 1. The summed E-state index contributed by atoms with van der Waals surface area (Å²) in [5, 5.41) is 8.45. The van der Waals surface area contributed by atoms with Crippen LogP contribution in [0.4, 0.5) is 5.69 Å². The molecule has 0 bridgehead atoms. The highest BCUT2D eigenvalue weighted by Gasteiger charge is 2.19. The molecule has 16 heavy (non-hydrogen) atoms. The number of nitrogens with zero attached hydrogens (tertiary/aromatic N) is 1. The predicted molar refractivity (Wildman–Crippen MR) is 63.3 cm³/mol. The molecule has 0 fully saturated rings. The van der Waals surface area contributed by atoms with Gasteiger partial charge in [0.2, 0.25) is 0 Å². The second-order valence-electron chi connectivity index (χ2n) is 3.85. The van der Waals surface area contributed by atoms with E-state index in [4.69, 9.17) is 11.0 Å². The Morgan fingerprint density at radius 2 is 2.06 bits per heavy atom. The second kappa shape index (κ2) is 4.54. The fraction of sp³-hybridized carbons (Fsp3) is 0.364. The summed E-state index contributed by atoms with van der Waals surface area (Å²) < 4.78 is 23.5. The Morgan fingerprint density at radius 1 is 1.44 bits per heavy atom. The summed E-state index contributed by atoms with van der Waals surface area (Å²) in [6.07, 6.45) is 0. The van der Waals surface area contributed by atoms with Crippen LogP contribution in [-0.4, -0.2) is 13.7 Å². The van der Waals surface area contributed by atoms with Crippen molar-refractivity contribution in [2.24, 2.45) is 0 Å². The Labute approximate surface area is 95.6 Å². The molecule has 0 heterocycles. The number of hydrogen-bond donors (Lipinski definition) is 1. The molecule has 0 aromatic heterocycles. The van der Waals surface area contributed by atoms with Crippen LogP contribution in [0, 0.1) is 11.3 Å². The number of nitrogens with two attached hydrogens (primary N) is 1. The molecule has 1 rings (SSSR count). The van der Waals surface area contributed by atoms with Crippen LogP contribution in [0.5, 0.6) is 0 Å². The standard InChI is InChI=1S/C11H14N2O2S/c1-8(2)16(14,15)7-9-4-3-5-11(13)10(9)6-12/h3-5,8H,7,13H2,1-2H3. The van der Waals surface area contributed by atoms with E-state index in [0.717, 1.165) is 0 Å². The monoisotopic (exact) mass is 238 g/mol. The van der Waals surface area contributed by atoms with E-state index < -0.39 is 15.1 Å². The van der Waals surface area contributed by atoms with Gasteiger partial charge >= 0.3 is 0 Å². The Kier molecular flexibility index (Phi) is 3.55. The van der Waals surface area contributed by atoms with E-state index in [1.165, 1.54) is 0 Å². The van der Waals surface area contributed by atoms with Crippen LogP contribution in [0.1, 0.15) is 25.0 Å². The summed E-state index contributed by atoms with van der Waals surface area (Å²) in [7, 11) is -3.21. The minimum absolute atomic E-state index is 0.140. The van der Waals surface area contributed by atoms with Crippen LogP contribution in [0.25, 0.3) is 0 Å². The van der Waals surface area contributed by atoms with E-state index in [1.807, 2.05) is 6.07 Å². The van der Waals surface area contributed by atoms with E-state index in [-0.39, 0.29) is 11.3 Å². The zero-order valence-corrected chi connectivity index (χ0v) is 10.1. The first kappa shape index (κ1) is 12.5. The molecule has 0 saturated carbocycles. The van der Waals surface area contributed by atoms with E-state index in [9.17, 15) is 8.42 Å². The van der Waals surface area contributed by atoms with Crippen molar-refractivity contribution in [2.75, 3.05) is 5.73 Å². The number of anilines is 1. The lowest BCUT2D eigenvalue weighted by Crippen LogP contribution is -2.16. The average molecular weight is 238 g/mol. The molecule has 1 aromatic carbocycles. The topological polar surface area (TPSA) is 83.9 Å². The fourth-order valence-electron chi connectivity index (χ4n) is 1.26. The lowest BCUT2D eigenvalue weighted by atomic mass is 10.1. The van der Waals surface area contributed by atoms with Gasteiger partial charge in [-0.05, 0) is 25.5 Å². The summed E-state index contributed by atoms with van der Waals surface area (Å²) in [6, 6.07) is 6.80. The van der Waals surface area contributed by atoms with Crippen LogP contribution >= 0.6 is 0 Å². The normalized spacial score (nSPS) is 11.4. The molecule has 0 saturated heterocycles. The van der Waals surface area contributed by atoms with Crippen molar-refractivity contribution in [1.29, 1.82) is 5.26 Å². The highest BCUT2D eigenvalue weighted by molar-refractivity contribution is 7.91. The molecule has 2 N–H and O–H groups in total. The van der Waals surface area contributed by atoms with Gasteiger partial charge in [0.1, 0.15) is 6.07 Å². The first-order chi connectivity index (χ1) is 7.38. The minimum atomic E-state index is -3.21. The van der Waals surface area contributed by atoms with Gasteiger partial charge in [-0.15, -0.1) is 0 Å². The summed E-state index contributed by atoms with van der Waals surface area (Å²) in [5.74, 6) is -0.140. The number of benzene rings is 1. The van der Waals surface area contributed by atoms with Crippen molar-refractivity contribution in [2.45, 2.75) is 24.9 Å². The molecule has 0 spiro atoms. The van der Waals surface area contributed by atoms with Crippen molar-refractivity contribution in [1.82, 2.24) is 0 Å². The smallest absolute Gasteiger partial charge is 0.156 e. The summed E-state index contributed by atoms with van der Waals surface area (Å²) >= 11 is 0. The van der Waals surface area contributed by atoms with E-state index in [2.05, 4.69) is 0 Å². The maximum absolute atomic E-state index is 11.7. The quantitative estimate of drug-likeness (QED) is 0.808. The van der Waals surface area contributed by atoms with Gasteiger partial charge < -0.3 is 5.73 Å². The lowest BCUT2D eigenvalue weighted by Gasteiger charge is -2.09. The first-order valence-corrected chi connectivity index (χ1v) is 6.59. The van der Waals surface area contributed by atoms with Crippen molar-refractivity contribution >= 4 is 15.5 Å². The molecule has 0 atom stereocenters. The molecular formula is C11H14N2O2S. The largest absolute Gasteiger partial charge is 0.398 e. The van der Waals surface area contributed by atoms with Crippen LogP contribution in [0.15, 0.2) is 18.2 Å². The van der Waals surface area contributed by atoms with Crippen LogP contribution in [-0.2, 0) is 15.6 Å². The molecule has 0 radical (unpaired) electrons. The zero-order valence-electron chi connectivity index (χ0n) is 9.27. The molecule has 0 unspecified atom stereocenters. The van der Waals surface area contributed by atoms with Gasteiger partial charge in [0, 0.05) is 5.69 Å². The van der Waals surface area contributed by atoms with Gasteiger partial charge in [0.05, 0.1) is 16.6 Å². The van der Waals surface area contributed by atoms with E-state index >= 15 is 0 Å². The van der Waals surface area contributed by atoms with Gasteiger partial charge in [0.25, 0.3) is 0 Å². The Hall–Kier alpha value is -1.54. The molecule has 4 nitrogen and oxygen atoms in total. The molecular weight excluding hydrogens is 224 g/mol. The number of hydrogen-bond acceptors (Lipinski definition) is 4. The Bertz CT molecular complexity index is 527. The predicted octanol–water partition coefficient (Wildman–Crippen LogP) is 1.46. The third kappa shape index (κ3) is 2.52. The molecule has 0 aliphatic heterocycles. The summed E-state index contributed by atoms with van der Waals surface area (Å²) in [6.45, 7) is 3.24. The van der Waals surface area contributed by atoms with E-state index in [0.29, 0.717) is 11.3 Å². The van der Waals surface area contributed by atoms with Crippen LogP contribution in [0.2, 0.25) is 0 Å². The first-order valence-electron chi connectivity index (χ1n) is 4.87. The van der Waals surface area contributed by atoms with Gasteiger partial charge in [0.15, 0.2) is 9.84 Å². The fourth-order valence-corrected chi connectivity index (χ4v) is 2.27. The van der Waals surface area contributed by atoms with Gasteiger partial charge in [-0.25, -0.2) is 8.42 Å². The molecule has 0 amide bonds. The highest BCUT2D eigenvalue weighted by Crippen LogP contribution is 2.19. The maximum atomic E-state index is 11.7.